The van der Waals surface area contributed by atoms with Crippen molar-refractivity contribution in [1.82, 2.24) is 0 Å². The number of hydrogen-bond donors (Lipinski definition) is 2. The topological polar surface area (TPSA) is 93.7 Å². The summed E-state index contributed by atoms with van der Waals surface area (Å²) in [6, 6.07) is 9.02. The molecule has 1 fully saturated rings. The maximum Gasteiger partial charge on any atom is 0.262 e. The first-order valence-electron chi connectivity index (χ1n) is 8.28. The minimum atomic E-state index is -3.96. The quantitative estimate of drug-likeness (QED) is 0.786. The van der Waals surface area contributed by atoms with E-state index in [1.165, 1.54) is 19.2 Å². The third kappa shape index (κ3) is 4.55. The first-order chi connectivity index (χ1) is 12.9. The number of ether oxygens (including phenoxy) is 2. The molecule has 0 radical (unpaired) electrons. The Morgan fingerprint density at radius 3 is 2.59 bits per heavy atom. The summed E-state index contributed by atoms with van der Waals surface area (Å²) in [6.07, 6.45) is 0.960. The van der Waals surface area contributed by atoms with Gasteiger partial charge in [-0.25, -0.2) is 12.8 Å². The maximum absolute atomic E-state index is 13.0. The lowest BCUT2D eigenvalue weighted by atomic mass is 10.2. The van der Waals surface area contributed by atoms with Crippen LogP contribution >= 0.6 is 0 Å². The molecule has 0 spiro atoms. The fraction of sp³-hybridized carbons (Fsp3) is 0.278. The number of sulfonamides is 1. The number of carbonyl (C=O) groups is 1. The van der Waals surface area contributed by atoms with Gasteiger partial charge in [-0.2, -0.15) is 0 Å². The van der Waals surface area contributed by atoms with Gasteiger partial charge in [0.1, 0.15) is 17.7 Å². The molecule has 1 saturated heterocycles. The van der Waals surface area contributed by atoms with Crippen molar-refractivity contribution in [3.05, 3.63) is 48.3 Å². The zero-order chi connectivity index (χ0) is 19.4. The Labute approximate surface area is 156 Å². The molecule has 7 nitrogen and oxygen atoms in total. The first-order valence-corrected chi connectivity index (χ1v) is 9.76. The number of anilines is 2. The molecule has 1 aliphatic heterocycles. The Balaban J connectivity index is 1.82. The molecule has 0 aliphatic carbocycles. The molecule has 1 aliphatic rings. The van der Waals surface area contributed by atoms with Gasteiger partial charge in [-0.1, -0.05) is 0 Å². The van der Waals surface area contributed by atoms with Gasteiger partial charge in [-0.3, -0.25) is 9.52 Å². The van der Waals surface area contributed by atoms with Crippen molar-refractivity contribution in [3.8, 4) is 5.75 Å². The van der Waals surface area contributed by atoms with Crippen LogP contribution in [0.5, 0.6) is 5.75 Å². The first kappa shape index (κ1) is 19.1. The summed E-state index contributed by atoms with van der Waals surface area (Å²) >= 11 is 0. The van der Waals surface area contributed by atoms with Crippen LogP contribution < -0.4 is 14.8 Å². The second-order valence-corrected chi connectivity index (χ2v) is 7.65. The summed E-state index contributed by atoms with van der Waals surface area (Å²) in [5, 5.41) is 2.70. The molecule has 9 heteroatoms. The van der Waals surface area contributed by atoms with Gasteiger partial charge in [-0.05, 0) is 55.3 Å². The third-order valence-electron chi connectivity index (χ3n) is 4.06. The molecular weight excluding hydrogens is 375 g/mol. The van der Waals surface area contributed by atoms with E-state index in [0.717, 1.165) is 30.7 Å². The Morgan fingerprint density at radius 1 is 1.22 bits per heavy atom. The SMILES string of the molecule is COc1ccc(NC(=O)[C@H]2CCCO2)cc1NS(=O)(=O)c1ccc(F)cc1. The second kappa shape index (κ2) is 7.93. The lowest BCUT2D eigenvalue weighted by Gasteiger charge is -2.15. The van der Waals surface area contributed by atoms with Crippen LogP contribution in [0.1, 0.15) is 12.8 Å². The molecule has 27 heavy (non-hydrogen) atoms. The highest BCUT2D eigenvalue weighted by molar-refractivity contribution is 7.92. The Morgan fingerprint density at radius 2 is 1.96 bits per heavy atom. The Hall–Kier alpha value is -2.65. The number of carbonyl (C=O) groups excluding carboxylic acids is 1. The van der Waals surface area contributed by atoms with Gasteiger partial charge in [0.2, 0.25) is 0 Å². The minimum Gasteiger partial charge on any atom is -0.495 e. The summed E-state index contributed by atoms with van der Waals surface area (Å²) in [5.74, 6) is -0.550. The number of halogens is 1. The van der Waals surface area contributed by atoms with Gasteiger partial charge in [0.15, 0.2) is 0 Å². The normalized spacial score (nSPS) is 16.7. The smallest absolute Gasteiger partial charge is 0.262 e. The number of amides is 1. The summed E-state index contributed by atoms with van der Waals surface area (Å²) < 4.78 is 51.0. The molecule has 0 saturated carbocycles. The average Bonchev–Trinajstić information content (AvgIpc) is 3.17. The third-order valence-corrected chi connectivity index (χ3v) is 5.44. The van der Waals surface area contributed by atoms with Crippen LogP contribution in [0.4, 0.5) is 15.8 Å². The molecule has 0 unspecified atom stereocenters. The maximum atomic E-state index is 13.0. The van der Waals surface area contributed by atoms with E-state index >= 15 is 0 Å². The van der Waals surface area contributed by atoms with Gasteiger partial charge in [0, 0.05) is 12.3 Å². The summed E-state index contributed by atoms with van der Waals surface area (Å²) in [4.78, 5) is 12.1. The Kier molecular flexibility index (Phi) is 5.62. The number of hydrogen-bond acceptors (Lipinski definition) is 5. The monoisotopic (exact) mass is 394 g/mol. The fourth-order valence-electron chi connectivity index (χ4n) is 2.69. The van der Waals surface area contributed by atoms with Gasteiger partial charge in [0.05, 0.1) is 17.7 Å². The molecule has 0 aromatic heterocycles. The molecule has 2 aromatic carbocycles. The van der Waals surface area contributed by atoms with Crippen LogP contribution in [-0.2, 0) is 19.6 Å². The molecule has 2 aromatic rings. The molecule has 2 N–H and O–H groups in total. The van der Waals surface area contributed by atoms with Crippen molar-refractivity contribution in [2.75, 3.05) is 23.8 Å². The van der Waals surface area contributed by atoms with Crippen molar-refractivity contribution < 1.29 is 27.1 Å². The van der Waals surface area contributed by atoms with Crippen LogP contribution in [0.3, 0.4) is 0 Å². The highest BCUT2D eigenvalue weighted by Crippen LogP contribution is 2.30. The van der Waals surface area contributed by atoms with E-state index in [-0.39, 0.29) is 22.2 Å². The predicted octanol–water partition coefficient (Wildman–Crippen LogP) is 2.75. The molecule has 1 amide bonds. The van der Waals surface area contributed by atoms with Gasteiger partial charge < -0.3 is 14.8 Å². The van der Waals surface area contributed by atoms with Gasteiger partial charge >= 0.3 is 0 Å². The molecule has 3 rings (SSSR count). The zero-order valence-electron chi connectivity index (χ0n) is 14.6. The van der Waals surface area contributed by atoms with E-state index in [4.69, 9.17) is 9.47 Å². The zero-order valence-corrected chi connectivity index (χ0v) is 15.4. The number of nitrogens with one attached hydrogen (secondary N) is 2. The van der Waals surface area contributed by atoms with E-state index in [1.54, 1.807) is 6.07 Å². The minimum absolute atomic E-state index is 0.0975. The van der Waals surface area contributed by atoms with Gasteiger partial charge in [-0.15, -0.1) is 0 Å². The van der Waals surface area contributed by atoms with Gasteiger partial charge in [0.25, 0.3) is 15.9 Å². The number of benzene rings is 2. The fourth-order valence-corrected chi connectivity index (χ4v) is 3.75. The molecule has 144 valence electrons. The summed E-state index contributed by atoms with van der Waals surface area (Å²) in [7, 11) is -2.56. The Bertz CT molecular complexity index is 925. The van der Waals surface area contributed by atoms with Crippen LogP contribution in [0, 0.1) is 5.82 Å². The molecule has 1 heterocycles. The lowest BCUT2D eigenvalue weighted by Crippen LogP contribution is -2.26. The number of rotatable bonds is 6. The molecule has 0 bridgehead atoms. The standard InChI is InChI=1S/C18H19FN2O5S/c1-25-16-9-6-13(20-18(22)17-3-2-10-26-17)11-15(16)21-27(23,24)14-7-4-12(19)5-8-14/h4-9,11,17,21H,2-3,10H2,1H3,(H,20,22)/t17-/m1/s1. The van der Waals surface area contributed by atoms with Crippen molar-refractivity contribution in [1.29, 1.82) is 0 Å². The van der Waals surface area contributed by atoms with E-state index < -0.39 is 21.9 Å². The lowest BCUT2D eigenvalue weighted by molar-refractivity contribution is -0.124. The van der Waals surface area contributed by atoms with Crippen LogP contribution in [0.25, 0.3) is 0 Å². The number of methoxy groups -OCH3 is 1. The van der Waals surface area contributed by atoms with E-state index in [2.05, 4.69) is 10.0 Å². The van der Waals surface area contributed by atoms with E-state index in [9.17, 15) is 17.6 Å². The van der Waals surface area contributed by atoms with Crippen LogP contribution in [0.2, 0.25) is 0 Å². The molecular formula is C18H19FN2O5S. The van der Waals surface area contributed by atoms with Crippen molar-refractivity contribution in [2.24, 2.45) is 0 Å². The predicted molar refractivity (Wildman–Crippen MR) is 97.8 cm³/mol. The van der Waals surface area contributed by atoms with Crippen molar-refractivity contribution in [3.63, 3.8) is 0 Å². The van der Waals surface area contributed by atoms with E-state index in [1.807, 2.05) is 0 Å². The van der Waals surface area contributed by atoms with Crippen molar-refractivity contribution >= 4 is 27.3 Å². The second-order valence-electron chi connectivity index (χ2n) is 5.97. The summed E-state index contributed by atoms with van der Waals surface area (Å²) in [6.45, 7) is 0.545. The summed E-state index contributed by atoms with van der Waals surface area (Å²) in [5.41, 5.74) is 0.542. The van der Waals surface area contributed by atoms with Crippen LogP contribution in [0.15, 0.2) is 47.4 Å². The van der Waals surface area contributed by atoms with Crippen molar-refractivity contribution in [2.45, 2.75) is 23.8 Å². The highest BCUT2D eigenvalue weighted by atomic mass is 32.2. The molecule has 1 atom stereocenters. The average molecular weight is 394 g/mol. The highest BCUT2D eigenvalue weighted by Gasteiger charge is 2.24. The van der Waals surface area contributed by atoms with E-state index in [0.29, 0.717) is 18.7 Å². The largest absolute Gasteiger partial charge is 0.495 e. The van der Waals surface area contributed by atoms with Crippen LogP contribution in [-0.4, -0.2) is 34.1 Å².